The molecule has 1 aromatic rings. The number of fused-ring (bicyclic) bond motifs is 1. The first-order valence-electron chi connectivity index (χ1n) is 6.05. The molecule has 18 heavy (non-hydrogen) atoms. The Kier molecular flexibility index (Phi) is 3.36. The van der Waals surface area contributed by atoms with Gasteiger partial charge in [0.05, 0.1) is 7.11 Å². The van der Waals surface area contributed by atoms with E-state index in [1.54, 1.807) is 4.90 Å². The third kappa shape index (κ3) is 1.98. The van der Waals surface area contributed by atoms with Crippen molar-refractivity contribution < 1.29 is 14.3 Å². The Balaban J connectivity index is 2.42. The lowest BCUT2D eigenvalue weighted by molar-refractivity contribution is -0.143. The van der Waals surface area contributed by atoms with E-state index in [1.807, 2.05) is 38.1 Å². The highest BCUT2D eigenvalue weighted by Gasteiger charge is 2.39. The van der Waals surface area contributed by atoms with Crippen molar-refractivity contribution >= 4 is 17.6 Å². The molecule has 96 valence electrons. The molecular weight excluding hydrogens is 230 g/mol. The average molecular weight is 247 g/mol. The van der Waals surface area contributed by atoms with Crippen LogP contribution >= 0.6 is 0 Å². The van der Waals surface area contributed by atoms with Crippen LogP contribution in [0.4, 0.5) is 5.69 Å². The van der Waals surface area contributed by atoms with Crippen molar-refractivity contribution in [3.63, 3.8) is 0 Å². The number of para-hydroxylation sites is 1. The van der Waals surface area contributed by atoms with Crippen LogP contribution in [-0.2, 0) is 20.7 Å². The van der Waals surface area contributed by atoms with Gasteiger partial charge >= 0.3 is 5.97 Å². The molecule has 1 amide bonds. The van der Waals surface area contributed by atoms with E-state index in [1.165, 1.54) is 7.11 Å². The van der Waals surface area contributed by atoms with Gasteiger partial charge in [-0.1, -0.05) is 32.0 Å². The lowest BCUT2D eigenvalue weighted by Gasteiger charge is -2.25. The fourth-order valence-electron chi connectivity index (χ4n) is 2.26. The number of carbonyl (C=O) groups excluding carboxylic acids is 2. The Labute approximate surface area is 107 Å². The zero-order chi connectivity index (χ0) is 13.3. The molecule has 0 bridgehead atoms. The number of esters is 1. The van der Waals surface area contributed by atoms with Crippen molar-refractivity contribution in [3.8, 4) is 0 Å². The minimum Gasteiger partial charge on any atom is -0.467 e. The van der Waals surface area contributed by atoms with Gasteiger partial charge in [0.25, 0.3) is 0 Å². The van der Waals surface area contributed by atoms with Crippen molar-refractivity contribution in [1.29, 1.82) is 0 Å². The molecule has 0 radical (unpaired) electrons. The van der Waals surface area contributed by atoms with Gasteiger partial charge in [-0.15, -0.1) is 0 Å². The van der Waals surface area contributed by atoms with Crippen LogP contribution in [0.2, 0.25) is 0 Å². The van der Waals surface area contributed by atoms with Gasteiger partial charge in [0.15, 0.2) is 0 Å². The molecule has 0 saturated heterocycles. The standard InChI is InChI=1S/C14H17NO3/c1-9(2)13(16)15-11-7-5-4-6-10(11)8-12(15)14(17)18-3/h4-7,9,12H,8H2,1-3H3. The predicted molar refractivity (Wildman–Crippen MR) is 68.3 cm³/mol. The maximum atomic E-state index is 12.3. The van der Waals surface area contributed by atoms with Gasteiger partial charge in [0, 0.05) is 18.0 Å². The summed E-state index contributed by atoms with van der Waals surface area (Å²) in [5.41, 5.74) is 1.84. The van der Waals surface area contributed by atoms with Gasteiger partial charge in [-0.05, 0) is 11.6 Å². The molecule has 1 heterocycles. The third-order valence-corrected chi connectivity index (χ3v) is 3.18. The highest BCUT2D eigenvalue weighted by Crippen LogP contribution is 2.33. The number of amides is 1. The van der Waals surface area contributed by atoms with E-state index in [2.05, 4.69) is 0 Å². The lowest BCUT2D eigenvalue weighted by atomic mass is 10.1. The molecule has 1 aliphatic heterocycles. The second-order valence-electron chi connectivity index (χ2n) is 4.73. The molecule has 0 fully saturated rings. The van der Waals surface area contributed by atoms with Crippen LogP contribution in [0.5, 0.6) is 0 Å². The number of anilines is 1. The number of ether oxygens (including phenoxy) is 1. The number of hydrogen-bond donors (Lipinski definition) is 0. The van der Waals surface area contributed by atoms with Crippen LogP contribution in [-0.4, -0.2) is 25.0 Å². The maximum absolute atomic E-state index is 12.3. The lowest BCUT2D eigenvalue weighted by Crippen LogP contribution is -2.45. The quantitative estimate of drug-likeness (QED) is 0.748. The average Bonchev–Trinajstić information content (AvgIpc) is 2.75. The Hall–Kier alpha value is -1.84. The summed E-state index contributed by atoms with van der Waals surface area (Å²) < 4.78 is 4.79. The molecule has 4 heteroatoms. The van der Waals surface area contributed by atoms with Gasteiger partial charge in [-0.25, -0.2) is 4.79 Å². The third-order valence-electron chi connectivity index (χ3n) is 3.18. The summed E-state index contributed by atoms with van der Waals surface area (Å²) in [4.78, 5) is 25.6. The molecule has 1 aromatic carbocycles. The normalized spacial score (nSPS) is 17.8. The van der Waals surface area contributed by atoms with E-state index < -0.39 is 6.04 Å². The molecule has 0 spiro atoms. The molecule has 0 N–H and O–H groups in total. The summed E-state index contributed by atoms with van der Waals surface area (Å²) in [6, 6.07) is 7.08. The molecule has 1 aliphatic rings. The first kappa shape index (κ1) is 12.6. The smallest absolute Gasteiger partial charge is 0.329 e. The van der Waals surface area contributed by atoms with Crippen molar-refractivity contribution in [2.24, 2.45) is 5.92 Å². The Morgan fingerprint density at radius 2 is 2.00 bits per heavy atom. The fourth-order valence-corrected chi connectivity index (χ4v) is 2.26. The molecule has 0 aliphatic carbocycles. The first-order chi connectivity index (χ1) is 8.56. The van der Waals surface area contributed by atoms with Crippen LogP contribution < -0.4 is 4.90 Å². The zero-order valence-corrected chi connectivity index (χ0v) is 10.8. The summed E-state index contributed by atoms with van der Waals surface area (Å²) >= 11 is 0. The van der Waals surface area contributed by atoms with E-state index in [9.17, 15) is 9.59 Å². The van der Waals surface area contributed by atoms with Gasteiger partial charge in [-0.2, -0.15) is 0 Å². The van der Waals surface area contributed by atoms with Gasteiger partial charge in [0.2, 0.25) is 5.91 Å². The second kappa shape index (κ2) is 4.80. The van der Waals surface area contributed by atoms with Crippen molar-refractivity contribution in [3.05, 3.63) is 29.8 Å². The molecule has 1 unspecified atom stereocenters. The van der Waals surface area contributed by atoms with Crippen LogP contribution in [0.1, 0.15) is 19.4 Å². The van der Waals surface area contributed by atoms with E-state index in [0.29, 0.717) is 6.42 Å². The van der Waals surface area contributed by atoms with Crippen LogP contribution in [0.25, 0.3) is 0 Å². The zero-order valence-electron chi connectivity index (χ0n) is 10.8. The number of hydrogen-bond acceptors (Lipinski definition) is 3. The molecular formula is C14H17NO3. The number of nitrogens with zero attached hydrogens (tertiary/aromatic N) is 1. The summed E-state index contributed by atoms with van der Waals surface area (Å²) in [5, 5.41) is 0. The summed E-state index contributed by atoms with van der Waals surface area (Å²) in [6.45, 7) is 3.66. The molecule has 2 rings (SSSR count). The monoisotopic (exact) mass is 247 g/mol. The first-order valence-corrected chi connectivity index (χ1v) is 6.05. The highest BCUT2D eigenvalue weighted by molar-refractivity contribution is 6.03. The van der Waals surface area contributed by atoms with Gasteiger partial charge in [0.1, 0.15) is 6.04 Å². The summed E-state index contributed by atoms with van der Waals surface area (Å²) in [5.74, 6) is -0.557. The Morgan fingerprint density at radius 1 is 1.33 bits per heavy atom. The largest absolute Gasteiger partial charge is 0.467 e. The summed E-state index contributed by atoms with van der Waals surface area (Å²) in [6.07, 6.45) is 0.529. The van der Waals surface area contributed by atoms with Crippen LogP contribution in [0.3, 0.4) is 0 Å². The minimum atomic E-state index is -0.526. The Morgan fingerprint density at radius 3 is 2.61 bits per heavy atom. The van der Waals surface area contributed by atoms with E-state index in [4.69, 9.17) is 4.74 Å². The van der Waals surface area contributed by atoms with Crippen LogP contribution in [0, 0.1) is 5.92 Å². The number of methoxy groups -OCH3 is 1. The van der Waals surface area contributed by atoms with Crippen molar-refractivity contribution in [2.45, 2.75) is 26.3 Å². The topological polar surface area (TPSA) is 46.6 Å². The van der Waals surface area contributed by atoms with E-state index in [0.717, 1.165) is 11.3 Å². The molecule has 0 aromatic heterocycles. The van der Waals surface area contributed by atoms with Crippen LogP contribution in [0.15, 0.2) is 24.3 Å². The van der Waals surface area contributed by atoms with E-state index >= 15 is 0 Å². The predicted octanol–water partition coefficient (Wildman–Crippen LogP) is 1.77. The van der Waals surface area contributed by atoms with E-state index in [-0.39, 0.29) is 17.8 Å². The fraction of sp³-hybridized carbons (Fsp3) is 0.429. The number of benzene rings is 1. The Bertz CT molecular complexity index is 482. The van der Waals surface area contributed by atoms with Gasteiger partial charge in [-0.3, -0.25) is 9.69 Å². The summed E-state index contributed by atoms with van der Waals surface area (Å²) in [7, 11) is 1.35. The number of carbonyl (C=O) groups is 2. The number of rotatable bonds is 2. The SMILES string of the molecule is COC(=O)C1Cc2ccccc2N1C(=O)C(C)C. The molecule has 1 atom stereocenters. The highest BCUT2D eigenvalue weighted by atomic mass is 16.5. The van der Waals surface area contributed by atoms with Crippen molar-refractivity contribution in [1.82, 2.24) is 0 Å². The molecule has 0 saturated carbocycles. The van der Waals surface area contributed by atoms with Gasteiger partial charge < -0.3 is 4.74 Å². The minimum absolute atomic E-state index is 0.0460. The van der Waals surface area contributed by atoms with Crippen molar-refractivity contribution in [2.75, 3.05) is 12.0 Å². The second-order valence-corrected chi connectivity index (χ2v) is 4.73. The molecule has 4 nitrogen and oxygen atoms in total. The maximum Gasteiger partial charge on any atom is 0.329 e.